The highest BCUT2D eigenvalue weighted by molar-refractivity contribution is 7.10. The summed E-state index contributed by atoms with van der Waals surface area (Å²) in [5.41, 5.74) is 2.80. The molecular weight excluding hydrogens is 375 g/mol. The molecule has 0 unspecified atom stereocenters. The first kappa shape index (κ1) is 19.5. The second-order valence-electron chi connectivity index (χ2n) is 5.99. The fourth-order valence-electron chi connectivity index (χ4n) is 2.54. The molecule has 0 saturated carbocycles. The van der Waals surface area contributed by atoms with Crippen LogP contribution in [-0.4, -0.2) is 28.2 Å². The van der Waals surface area contributed by atoms with Crippen LogP contribution in [0.25, 0.3) is 11.3 Å². The number of alkyl halides is 3. The topological polar surface area (TPSA) is 58.0 Å². The predicted molar refractivity (Wildman–Crippen MR) is 98.3 cm³/mol. The number of halogens is 3. The molecule has 3 aromatic rings. The number of nitrogens with one attached hydrogen (secondary N) is 1. The molecule has 0 amide bonds. The fourth-order valence-corrected chi connectivity index (χ4v) is 3.24. The molecule has 0 radical (unpaired) electrons. The van der Waals surface area contributed by atoms with Crippen LogP contribution in [0.15, 0.2) is 54.2 Å². The molecular formula is C19H18F3N3OS. The van der Waals surface area contributed by atoms with E-state index in [4.69, 9.17) is 0 Å². The van der Waals surface area contributed by atoms with Gasteiger partial charge in [-0.15, -0.1) is 11.3 Å². The van der Waals surface area contributed by atoms with Crippen LogP contribution < -0.4 is 5.32 Å². The molecule has 3 rings (SSSR count). The van der Waals surface area contributed by atoms with Crippen molar-refractivity contribution in [3.05, 3.63) is 70.3 Å². The predicted octanol–water partition coefficient (Wildman–Crippen LogP) is 4.09. The number of benzene rings is 1. The van der Waals surface area contributed by atoms with Crippen LogP contribution in [0.1, 0.15) is 22.2 Å². The lowest BCUT2D eigenvalue weighted by Crippen LogP contribution is -2.23. The number of aliphatic hydroxyl groups is 1. The van der Waals surface area contributed by atoms with E-state index in [2.05, 4.69) is 15.3 Å². The Balaban J connectivity index is 1.49. The second kappa shape index (κ2) is 8.60. The minimum absolute atomic E-state index is 0.330. The molecule has 0 aliphatic rings. The van der Waals surface area contributed by atoms with Gasteiger partial charge in [-0.2, -0.15) is 13.2 Å². The molecule has 0 fully saturated rings. The Morgan fingerprint density at radius 2 is 1.93 bits per heavy atom. The van der Waals surface area contributed by atoms with E-state index in [0.29, 0.717) is 35.7 Å². The maximum atomic E-state index is 12.6. The van der Waals surface area contributed by atoms with Gasteiger partial charge in [0, 0.05) is 35.4 Å². The Bertz CT molecular complexity index is 851. The third-order valence-electron chi connectivity index (χ3n) is 3.99. The average Bonchev–Trinajstić information content (AvgIpc) is 3.17. The minimum Gasteiger partial charge on any atom is -0.387 e. The van der Waals surface area contributed by atoms with E-state index in [-0.39, 0.29) is 0 Å². The van der Waals surface area contributed by atoms with E-state index < -0.39 is 17.3 Å². The first-order valence-electron chi connectivity index (χ1n) is 8.34. The molecule has 0 spiro atoms. The number of thiazole rings is 1. The van der Waals surface area contributed by atoms with Crippen molar-refractivity contribution < 1.29 is 18.3 Å². The summed E-state index contributed by atoms with van der Waals surface area (Å²) in [5.74, 6) is 0. The summed E-state index contributed by atoms with van der Waals surface area (Å²) in [6.45, 7) is 1.09. The molecule has 2 aromatic heterocycles. The number of aromatic nitrogens is 2. The maximum absolute atomic E-state index is 12.6. The molecule has 2 N–H and O–H groups in total. The van der Waals surface area contributed by atoms with Crippen molar-refractivity contribution in [1.82, 2.24) is 15.3 Å². The number of rotatable bonds is 7. The standard InChI is InChI=1S/C19H18F3N3OS/c20-19(21,22)18-25-16(12-27-18)14-5-3-13(4-6-14)7-9-24-11-17(26)15-2-1-8-23-10-15/h1-6,8,10,12,17,24,26H,7,9,11H2/t17-/m0/s1. The molecule has 1 atom stereocenters. The smallest absolute Gasteiger partial charge is 0.387 e. The summed E-state index contributed by atoms with van der Waals surface area (Å²) >= 11 is 0.599. The van der Waals surface area contributed by atoms with Crippen molar-refractivity contribution in [2.24, 2.45) is 0 Å². The van der Waals surface area contributed by atoms with Gasteiger partial charge in [0.2, 0.25) is 0 Å². The molecule has 0 aliphatic heterocycles. The van der Waals surface area contributed by atoms with Crippen molar-refractivity contribution >= 4 is 11.3 Å². The van der Waals surface area contributed by atoms with Gasteiger partial charge in [-0.25, -0.2) is 4.98 Å². The summed E-state index contributed by atoms with van der Waals surface area (Å²) in [5, 5.41) is 13.8. The van der Waals surface area contributed by atoms with Crippen molar-refractivity contribution in [2.75, 3.05) is 13.1 Å². The largest absolute Gasteiger partial charge is 0.443 e. The number of pyridine rings is 1. The Morgan fingerprint density at radius 1 is 1.15 bits per heavy atom. The zero-order chi connectivity index (χ0) is 19.3. The highest BCUT2D eigenvalue weighted by Gasteiger charge is 2.34. The molecule has 0 aliphatic carbocycles. The van der Waals surface area contributed by atoms with Crippen molar-refractivity contribution in [1.29, 1.82) is 0 Å². The quantitative estimate of drug-likeness (QED) is 0.594. The van der Waals surface area contributed by atoms with E-state index in [0.717, 1.165) is 17.5 Å². The maximum Gasteiger partial charge on any atom is 0.443 e. The third-order valence-corrected chi connectivity index (χ3v) is 4.88. The fraction of sp³-hybridized carbons (Fsp3) is 0.263. The third kappa shape index (κ3) is 5.35. The number of nitrogens with zero attached hydrogens (tertiary/aromatic N) is 2. The van der Waals surface area contributed by atoms with Gasteiger partial charge in [-0.05, 0) is 24.6 Å². The van der Waals surface area contributed by atoms with E-state index in [9.17, 15) is 18.3 Å². The first-order chi connectivity index (χ1) is 12.9. The van der Waals surface area contributed by atoms with E-state index in [1.807, 2.05) is 18.2 Å². The van der Waals surface area contributed by atoms with Gasteiger partial charge in [0.15, 0.2) is 5.01 Å². The van der Waals surface area contributed by atoms with Crippen LogP contribution in [0.2, 0.25) is 0 Å². The van der Waals surface area contributed by atoms with Crippen LogP contribution in [-0.2, 0) is 12.6 Å². The number of hydrogen-bond acceptors (Lipinski definition) is 5. The number of hydrogen-bond donors (Lipinski definition) is 2. The van der Waals surface area contributed by atoms with Crippen LogP contribution >= 0.6 is 11.3 Å². The van der Waals surface area contributed by atoms with Crippen LogP contribution in [0.3, 0.4) is 0 Å². The summed E-state index contributed by atoms with van der Waals surface area (Å²) in [7, 11) is 0. The van der Waals surface area contributed by atoms with Gasteiger partial charge in [0.1, 0.15) is 0 Å². The monoisotopic (exact) mass is 393 g/mol. The molecule has 1 aromatic carbocycles. The van der Waals surface area contributed by atoms with Crippen molar-refractivity contribution in [3.63, 3.8) is 0 Å². The lowest BCUT2D eigenvalue weighted by Gasteiger charge is -2.11. The lowest BCUT2D eigenvalue weighted by atomic mass is 10.1. The van der Waals surface area contributed by atoms with Gasteiger partial charge in [-0.1, -0.05) is 30.3 Å². The van der Waals surface area contributed by atoms with Gasteiger partial charge in [-0.3, -0.25) is 4.98 Å². The average molecular weight is 393 g/mol. The zero-order valence-corrected chi connectivity index (χ0v) is 15.1. The molecule has 142 valence electrons. The Labute approximate surface area is 158 Å². The summed E-state index contributed by atoms with van der Waals surface area (Å²) in [6.07, 6.45) is -0.996. The van der Waals surface area contributed by atoms with E-state index in [1.165, 1.54) is 5.38 Å². The highest BCUT2D eigenvalue weighted by atomic mass is 32.1. The second-order valence-corrected chi connectivity index (χ2v) is 6.85. The van der Waals surface area contributed by atoms with Crippen molar-refractivity contribution in [2.45, 2.75) is 18.7 Å². The van der Waals surface area contributed by atoms with Gasteiger partial charge >= 0.3 is 6.18 Å². The normalized spacial score (nSPS) is 12.9. The van der Waals surface area contributed by atoms with Crippen LogP contribution in [0, 0.1) is 0 Å². The van der Waals surface area contributed by atoms with Gasteiger partial charge in [0.25, 0.3) is 0 Å². The van der Waals surface area contributed by atoms with Crippen molar-refractivity contribution in [3.8, 4) is 11.3 Å². The lowest BCUT2D eigenvalue weighted by molar-refractivity contribution is -0.137. The Morgan fingerprint density at radius 3 is 2.56 bits per heavy atom. The summed E-state index contributed by atoms with van der Waals surface area (Å²) in [6, 6.07) is 10.9. The molecule has 4 nitrogen and oxygen atoms in total. The Hall–Kier alpha value is -2.29. The molecule has 27 heavy (non-hydrogen) atoms. The number of aliphatic hydroxyl groups excluding tert-OH is 1. The molecule has 0 saturated heterocycles. The summed E-state index contributed by atoms with van der Waals surface area (Å²) in [4.78, 5) is 7.63. The molecule has 2 heterocycles. The zero-order valence-electron chi connectivity index (χ0n) is 14.3. The van der Waals surface area contributed by atoms with Crippen LogP contribution in [0.4, 0.5) is 13.2 Å². The highest BCUT2D eigenvalue weighted by Crippen LogP contribution is 2.34. The Kier molecular flexibility index (Phi) is 6.20. The van der Waals surface area contributed by atoms with E-state index >= 15 is 0 Å². The van der Waals surface area contributed by atoms with Gasteiger partial charge < -0.3 is 10.4 Å². The SMILES string of the molecule is O[C@@H](CNCCc1ccc(-c2csc(C(F)(F)F)n2)cc1)c1cccnc1. The summed E-state index contributed by atoms with van der Waals surface area (Å²) < 4.78 is 37.9. The van der Waals surface area contributed by atoms with E-state index in [1.54, 1.807) is 30.6 Å². The first-order valence-corrected chi connectivity index (χ1v) is 9.22. The minimum atomic E-state index is -4.41. The molecule has 8 heteroatoms. The van der Waals surface area contributed by atoms with Gasteiger partial charge in [0.05, 0.1) is 11.8 Å². The molecule has 0 bridgehead atoms. The van der Waals surface area contributed by atoms with Crippen LogP contribution in [0.5, 0.6) is 0 Å².